The highest BCUT2D eigenvalue weighted by Gasteiger charge is 2.28. The number of rotatable bonds is 3. The highest BCUT2D eigenvalue weighted by atomic mass is 16.4. The van der Waals surface area contributed by atoms with Crippen LogP contribution in [0, 0.1) is 12.3 Å². The number of aromatic amines is 1. The van der Waals surface area contributed by atoms with Crippen molar-refractivity contribution >= 4 is 16.9 Å². The van der Waals surface area contributed by atoms with Crippen LogP contribution in [0.25, 0.3) is 10.9 Å². The van der Waals surface area contributed by atoms with E-state index in [1.54, 1.807) is 19.9 Å². The Balaban J connectivity index is 2.54. The van der Waals surface area contributed by atoms with Gasteiger partial charge in [-0.15, -0.1) is 0 Å². The van der Waals surface area contributed by atoms with Crippen LogP contribution < -0.4 is 5.56 Å². The quantitative estimate of drug-likeness (QED) is 0.889. The number of H-pyrrole nitrogens is 1. The third-order valence-electron chi connectivity index (χ3n) is 3.38. The van der Waals surface area contributed by atoms with Crippen LogP contribution in [-0.2, 0) is 11.2 Å². The topological polar surface area (TPSA) is 70.2 Å². The maximum atomic E-state index is 12.0. The van der Waals surface area contributed by atoms with Crippen molar-refractivity contribution in [3.63, 3.8) is 0 Å². The number of nitrogens with one attached hydrogen (secondary N) is 1. The minimum Gasteiger partial charge on any atom is -0.481 e. The SMILES string of the molecule is Cc1cccc2cc(CC(C)(C)C(=O)O)c(=O)[nH]c12. The Bertz CT molecular complexity index is 698. The predicted octanol–water partition coefficient (Wildman–Crippen LogP) is 2.49. The largest absolute Gasteiger partial charge is 0.481 e. The molecular weight excluding hydrogens is 242 g/mol. The summed E-state index contributed by atoms with van der Waals surface area (Å²) in [6, 6.07) is 7.54. The summed E-state index contributed by atoms with van der Waals surface area (Å²) in [5.74, 6) is -0.906. The molecule has 0 saturated heterocycles. The predicted molar refractivity (Wildman–Crippen MR) is 74.4 cm³/mol. The molecule has 0 aliphatic heterocycles. The highest BCUT2D eigenvalue weighted by Crippen LogP contribution is 2.22. The second kappa shape index (κ2) is 4.53. The number of pyridine rings is 1. The van der Waals surface area contributed by atoms with E-state index in [1.165, 1.54) is 0 Å². The average molecular weight is 259 g/mol. The van der Waals surface area contributed by atoms with Crippen LogP contribution in [0.2, 0.25) is 0 Å². The summed E-state index contributed by atoms with van der Waals surface area (Å²) in [4.78, 5) is 26.0. The van der Waals surface area contributed by atoms with Crippen LogP contribution in [0.1, 0.15) is 25.0 Å². The van der Waals surface area contributed by atoms with E-state index in [1.807, 2.05) is 25.1 Å². The molecule has 4 nitrogen and oxygen atoms in total. The first-order valence-corrected chi connectivity index (χ1v) is 6.16. The average Bonchev–Trinajstić information content (AvgIpc) is 2.31. The summed E-state index contributed by atoms with van der Waals surface area (Å²) in [5.41, 5.74) is 1.15. The van der Waals surface area contributed by atoms with Crippen molar-refractivity contribution in [2.24, 2.45) is 5.41 Å². The van der Waals surface area contributed by atoms with Crippen LogP contribution in [-0.4, -0.2) is 16.1 Å². The van der Waals surface area contributed by atoms with Crippen molar-refractivity contribution in [1.82, 2.24) is 4.98 Å². The van der Waals surface area contributed by atoms with E-state index < -0.39 is 11.4 Å². The third kappa shape index (κ3) is 2.52. The monoisotopic (exact) mass is 259 g/mol. The van der Waals surface area contributed by atoms with E-state index in [0.717, 1.165) is 16.5 Å². The fourth-order valence-corrected chi connectivity index (χ4v) is 2.11. The van der Waals surface area contributed by atoms with Crippen molar-refractivity contribution in [3.05, 3.63) is 45.7 Å². The molecule has 0 aliphatic carbocycles. The van der Waals surface area contributed by atoms with Gasteiger partial charge in [0.05, 0.1) is 10.9 Å². The molecule has 1 heterocycles. The van der Waals surface area contributed by atoms with Crippen molar-refractivity contribution in [1.29, 1.82) is 0 Å². The van der Waals surface area contributed by atoms with Gasteiger partial charge < -0.3 is 10.1 Å². The molecule has 0 unspecified atom stereocenters. The molecule has 0 bridgehead atoms. The lowest BCUT2D eigenvalue weighted by Gasteiger charge is -2.18. The van der Waals surface area contributed by atoms with Gasteiger partial charge in [0.25, 0.3) is 5.56 Å². The van der Waals surface area contributed by atoms with E-state index in [4.69, 9.17) is 5.11 Å². The van der Waals surface area contributed by atoms with Gasteiger partial charge in [0.15, 0.2) is 0 Å². The molecule has 0 spiro atoms. The molecule has 19 heavy (non-hydrogen) atoms. The van der Waals surface area contributed by atoms with E-state index in [2.05, 4.69) is 4.98 Å². The summed E-state index contributed by atoms with van der Waals surface area (Å²) >= 11 is 0. The Morgan fingerprint density at radius 1 is 1.37 bits per heavy atom. The van der Waals surface area contributed by atoms with Gasteiger partial charge in [-0.05, 0) is 44.2 Å². The number of carbonyl (C=O) groups is 1. The Kier molecular flexibility index (Phi) is 3.18. The Labute approximate surface area is 111 Å². The molecule has 1 aromatic heterocycles. The van der Waals surface area contributed by atoms with Crippen LogP contribution >= 0.6 is 0 Å². The molecule has 0 aliphatic rings. The molecule has 2 rings (SSSR count). The summed E-state index contributed by atoms with van der Waals surface area (Å²) in [6.07, 6.45) is 0.210. The number of aliphatic carboxylic acids is 1. The summed E-state index contributed by atoms with van der Waals surface area (Å²) in [6.45, 7) is 5.17. The van der Waals surface area contributed by atoms with Gasteiger partial charge in [0.2, 0.25) is 0 Å². The first-order chi connectivity index (χ1) is 8.81. The zero-order valence-corrected chi connectivity index (χ0v) is 11.3. The van der Waals surface area contributed by atoms with Crippen LogP contribution in [0.3, 0.4) is 0 Å². The number of carboxylic acid groups (broad SMARTS) is 1. The second-order valence-electron chi connectivity index (χ2n) is 5.53. The summed E-state index contributed by atoms with van der Waals surface area (Å²) < 4.78 is 0. The van der Waals surface area contributed by atoms with E-state index in [0.29, 0.717) is 5.56 Å². The van der Waals surface area contributed by atoms with Gasteiger partial charge in [-0.3, -0.25) is 9.59 Å². The Morgan fingerprint density at radius 2 is 2.05 bits per heavy atom. The molecule has 2 N–H and O–H groups in total. The van der Waals surface area contributed by atoms with Gasteiger partial charge in [0, 0.05) is 5.56 Å². The number of carboxylic acids is 1. The zero-order chi connectivity index (χ0) is 14.2. The molecule has 2 aromatic rings. The van der Waals surface area contributed by atoms with Gasteiger partial charge in [-0.2, -0.15) is 0 Å². The fourth-order valence-electron chi connectivity index (χ4n) is 2.11. The minimum absolute atomic E-state index is 0.210. The van der Waals surface area contributed by atoms with Crippen LogP contribution in [0.15, 0.2) is 29.1 Å². The summed E-state index contributed by atoms with van der Waals surface area (Å²) in [7, 11) is 0. The number of fused-ring (bicyclic) bond motifs is 1. The maximum absolute atomic E-state index is 12.0. The number of benzene rings is 1. The summed E-state index contributed by atoms with van der Waals surface area (Å²) in [5, 5.41) is 10.1. The number of hydrogen-bond acceptors (Lipinski definition) is 2. The normalized spacial score (nSPS) is 11.7. The lowest BCUT2D eigenvalue weighted by molar-refractivity contribution is -0.146. The van der Waals surface area contributed by atoms with Gasteiger partial charge in [-0.25, -0.2) is 0 Å². The van der Waals surface area contributed by atoms with Crippen molar-refractivity contribution in [3.8, 4) is 0 Å². The van der Waals surface area contributed by atoms with Crippen molar-refractivity contribution in [2.75, 3.05) is 0 Å². The lowest BCUT2D eigenvalue weighted by Crippen LogP contribution is -2.29. The lowest BCUT2D eigenvalue weighted by atomic mass is 9.86. The van der Waals surface area contributed by atoms with Gasteiger partial charge in [0.1, 0.15) is 0 Å². The van der Waals surface area contributed by atoms with E-state index in [9.17, 15) is 9.59 Å². The van der Waals surface area contributed by atoms with Crippen LogP contribution in [0.5, 0.6) is 0 Å². The number of para-hydroxylation sites is 1. The first-order valence-electron chi connectivity index (χ1n) is 6.16. The smallest absolute Gasteiger partial charge is 0.309 e. The first kappa shape index (κ1) is 13.3. The molecule has 0 radical (unpaired) electrons. The molecule has 0 amide bonds. The molecule has 0 atom stereocenters. The van der Waals surface area contributed by atoms with Gasteiger partial charge >= 0.3 is 5.97 Å². The number of aryl methyl sites for hydroxylation is 1. The molecule has 0 fully saturated rings. The Hall–Kier alpha value is -2.10. The molecule has 100 valence electrons. The maximum Gasteiger partial charge on any atom is 0.309 e. The van der Waals surface area contributed by atoms with Crippen LogP contribution in [0.4, 0.5) is 0 Å². The molecule has 0 saturated carbocycles. The number of aromatic nitrogens is 1. The molecule has 1 aromatic carbocycles. The highest BCUT2D eigenvalue weighted by molar-refractivity contribution is 5.82. The second-order valence-corrected chi connectivity index (χ2v) is 5.53. The van der Waals surface area contributed by atoms with Crippen molar-refractivity contribution in [2.45, 2.75) is 27.2 Å². The standard InChI is InChI=1S/C15H17NO3/c1-9-5-4-6-10-7-11(13(17)16-12(9)10)8-15(2,3)14(18)19/h4-7H,8H2,1-3H3,(H,16,17)(H,18,19). The number of hydrogen-bond donors (Lipinski definition) is 2. The molecular formula is C15H17NO3. The molecule has 4 heteroatoms. The third-order valence-corrected chi connectivity index (χ3v) is 3.38. The van der Waals surface area contributed by atoms with Crippen molar-refractivity contribution < 1.29 is 9.90 Å². The van der Waals surface area contributed by atoms with E-state index in [-0.39, 0.29) is 12.0 Å². The minimum atomic E-state index is -0.954. The zero-order valence-electron chi connectivity index (χ0n) is 11.3. The Morgan fingerprint density at radius 3 is 2.68 bits per heavy atom. The van der Waals surface area contributed by atoms with E-state index >= 15 is 0 Å². The van der Waals surface area contributed by atoms with Gasteiger partial charge in [-0.1, -0.05) is 18.2 Å². The fraction of sp³-hybridized carbons (Fsp3) is 0.333.